The van der Waals surface area contributed by atoms with E-state index in [9.17, 15) is 9.59 Å². The zero-order valence-electron chi connectivity index (χ0n) is 36.4. The molecule has 0 aromatic heterocycles. The summed E-state index contributed by atoms with van der Waals surface area (Å²) in [5, 5.41) is 6.50. The number of fused-ring (bicyclic) bond motifs is 3. The second kappa shape index (κ2) is 24.5. The minimum absolute atomic E-state index is 0.0649. The van der Waals surface area contributed by atoms with Crippen molar-refractivity contribution in [3.63, 3.8) is 0 Å². The summed E-state index contributed by atoms with van der Waals surface area (Å²) in [4.78, 5) is 29.9. The number of rotatable bonds is 26. The second-order valence-corrected chi connectivity index (χ2v) is 18.7. The first-order chi connectivity index (χ1) is 27.1. The predicted molar refractivity (Wildman–Crippen MR) is 233 cm³/mol. The molecule has 0 aliphatic heterocycles. The Balaban J connectivity index is 1.38. The van der Waals surface area contributed by atoms with E-state index in [1.165, 1.54) is 56.9 Å². The Bertz CT molecular complexity index is 1300. The molecule has 1 aromatic rings. The van der Waals surface area contributed by atoms with Gasteiger partial charge < -0.3 is 31.7 Å². The van der Waals surface area contributed by atoms with Crippen molar-refractivity contribution in [3.05, 3.63) is 47.5 Å². The van der Waals surface area contributed by atoms with Crippen LogP contribution in [0.2, 0.25) is 0 Å². The summed E-state index contributed by atoms with van der Waals surface area (Å²) in [6.07, 6.45) is 21.5. The number of amides is 2. The van der Waals surface area contributed by atoms with Crippen molar-refractivity contribution >= 4 is 12.0 Å². The lowest BCUT2D eigenvalue weighted by molar-refractivity contribution is -0.133. The summed E-state index contributed by atoms with van der Waals surface area (Å²) in [5.41, 5.74) is 14.5. The van der Waals surface area contributed by atoms with Gasteiger partial charge in [-0.3, -0.25) is 4.79 Å². The molecule has 56 heavy (non-hydrogen) atoms. The topological polar surface area (TPSA) is 123 Å². The van der Waals surface area contributed by atoms with Crippen molar-refractivity contribution in [1.29, 1.82) is 0 Å². The summed E-state index contributed by atoms with van der Waals surface area (Å²) in [5.74, 6) is 4.82. The van der Waals surface area contributed by atoms with Crippen LogP contribution in [0.1, 0.15) is 149 Å². The molecule has 6 N–H and O–H groups in total. The standard InChI is InChI=1S/C48H83N5O3/c1-6-7-20-41(34-39-21-22-42-40(33-39)25-26-48(5)43(23-24-44(42)48)37(4)17-13-16-36(2)3)56-47(55)52-45(35-38-18-9-8-10-19-38)46(54)53(32-15-28-50)31-12-11-29-51-30-14-27-49/h8-10,18-19,21,36-37,40-45,51H,6-7,11-17,20,22-35,49-50H2,1-5H3,(H,52,55). The van der Waals surface area contributed by atoms with E-state index in [1.807, 2.05) is 35.2 Å². The second-order valence-electron chi connectivity index (χ2n) is 18.7. The maximum Gasteiger partial charge on any atom is 0.408 e. The molecule has 8 heteroatoms. The quantitative estimate of drug-likeness (QED) is 0.0550. The fourth-order valence-electron chi connectivity index (χ4n) is 10.9. The maximum atomic E-state index is 14.2. The number of nitrogens with two attached hydrogens (primary N) is 2. The van der Waals surface area contributed by atoms with Crippen molar-refractivity contribution in [2.45, 2.75) is 162 Å². The Morgan fingerprint density at radius 3 is 2.38 bits per heavy atom. The SMILES string of the molecule is CCCCC(CC1=CCC2C(CCC3(C)C(C(C)CCCC(C)C)CCC23)C1)OC(=O)NC(Cc1ccccc1)C(=O)N(CCCN)CCCCNCCCN. The molecular weight excluding hydrogens is 695 g/mol. The Labute approximate surface area is 342 Å². The molecular formula is C48H83N5O3. The van der Waals surface area contributed by atoms with Crippen LogP contribution in [0, 0.1) is 40.9 Å². The number of benzene rings is 1. The van der Waals surface area contributed by atoms with Gasteiger partial charge in [-0.15, -0.1) is 0 Å². The van der Waals surface area contributed by atoms with Gasteiger partial charge in [-0.2, -0.15) is 0 Å². The highest BCUT2D eigenvalue weighted by Crippen LogP contribution is 2.63. The lowest BCUT2D eigenvalue weighted by Gasteiger charge is -2.51. The van der Waals surface area contributed by atoms with Crippen molar-refractivity contribution in [3.8, 4) is 0 Å². The molecule has 2 saturated carbocycles. The highest BCUT2D eigenvalue weighted by molar-refractivity contribution is 5.86. The average Bonchev–Trinajstić information content (AvgIpc) is 3.54. The molecule has 8 nitrogen and oxygen atoms in total. The molecule has 3 aliphatic rings. The van der Waals surface area contributed by atoms with Gasteiger partial charge in [0, 0.05) is 25.9 Å². The van der Waals surface area contributed by atoms with E-state index < -0.39 is 12.1 Å². The molecule has 4 rings (SSSR count). The largest absolute Gasteiger partial charge is 0.446 e. The van der Waals surface area contributed by atoms with E-state index in [0.717, 1.165) is 112 Å². The van der Waals surface area contributed by atoms with Gasteiger partial charge in [-0.1, -0.05) is 109 Å². The van der Waals surface area contributed by atoms with Gasteiger partial charge in [0.05, 0.1) is 0 Å². The van der Waals surface area contributed by atoms with Crippen molar-refractivity contribution < 1.29 is 14.3 Å². The zero-order valence-corrected chi connectivity index (χ0v) is 36.4. The molecule has 2 fully saturated rings. The number of unbranched alkanes of at least 4 members (excludes halogenated alkanes) is 2. The smallest absolute Gasteiger partial charge is 0.408 e. The molecule has 0 heterocycles. The van der Waals surface area contributed by atoms with E-state index >= 15 is 0 Å². The molecule has 2 amide bonds. The third-order valence-electron chi connectivity index (χ3n) is 14.0. The van der Waals surface area contributed by atoms with Gasteiger partial charge in [0.15, 0.2) is 0 Å². The summed E-state index contributed by atoms with van der Waals surface area (Å²) >= 11 is 0. The molecule has 3 aliphatic carbocycles. The summed E-state index contributed by atoms with van der Waals surface area (Å²) in [7, 11) is 0. The van der Waals surface area contributed by atoms with Gasteiger partial charge >= 0.3 is 6.09 Å². The van der Waals surface area contributed by atoms with Gasteiger partial charge in [0.25, 0.3) is 0 Å². The summed E-state index contributed by atoms with van der Waals surface area (Å²) in [6, 6.07) is 9.27. The number of carbonyl (C=O) groups excluding carboxylic acids is 2. The van der Waals surface area contributed by atoms with Crippen LogP contribution in [-0.4, -0.2) is 68.3 Å². The number of allylic oxidation sites excluding steroid dienone is 1. The minimum atomic E-state index is -0.712. The normalized spacial score (nSPS) is 24.8. The molecule has 0 bridgehead atoms. The van der Waals surface area contributed by atoms with E-state index in [1.54, 1.807) is 0 Å². The fourth-order valence-corrected chi connectivity index (χ4v) is 10.9. The van der Waals surface area contributed by atoms with Gasteiger partial charge in [-0.05, 0) is 143 Å². The number of hydrogen-bond donors (Lipinski definition) is 4. The number of alkyl carbamates (subject to hydrolysis) is 1. The van der Waals surface area contributed by atoms with E-state index in [-0.39, 0.29) is 12.0 Å². The third-order valence-corrected chi connectivity index (χ3v) is 14.0. The molecule has 0 radical (unpaired) electrons. The van der Waals surface area contributed by atoms with Crippen LogP contribution in [0.3, 0.4) is 0 Å². The maximum absolute atomic E-state index is 14.2. The molecule has 1 aromatic carbocycles. The van der Waals surface area contributed by atoms with E-state index in [4.69, 9.17) is 16.2 Å². The van der Waals surface area contributed by atoms with Crippen LogP contribution in [0.5, 0.6) is 0 Å². The number of nitrogens with zero attached hydrogens (tertiary/aromatic N) is 1. The highest BCUT2D eigenvalue weighted by atomic mass is 16.6. The first-order valence-electron chi connectivity index (χ1n) is 23.2. The number of nitrogens with one attached hydrogen (secondary N) is 2. The van der Waals surface area contributed by atoms with Gasteiger partial charge in [0.1, 0.15) is 12.1 Å². The Kier molecular flexibility index (Phi) is 20.2. The van der Waals surface area contributed by atoms with Gasteiger partial charge in [0.2, 0.25) is 5.91 Å². The number of hydrogen-bond acceptors (Lipinski definition) is 6. The van der Waals surface area contributed by atoms with Crippen molar-refractivity contribution in [2.75, 3.05) is 39.3 Å². The number of ether oxygens (including phenoxy) is 1. The zero-order chi connectivity index (χ0) is 40.3. The Morgan fingerprint density at radius 2 is 1.64 bits per heavy atom. The molecule has 8 atom stereocenters. The van der Waals surface area contributed by atoms with Gasteiger partial charge in [-0.25, -0.2) is 4.79 Å². The summed E-state index contributed by atoms with van der Waals surface area (Å²) < 4.78 is 6.29. The average molecular weight is 778 g/mol. The van der Waals surface area contributed by atoms with E-state index in [0.29, 0.717) is 38.0 Å². The Hall–Kier alpha value is -2.42. The monoisotopic (exact) mass is 778 g/mol. The predicted octanol–water partition coefficient (Wildman–Crippen LogP) is 9.41. The van der Waals surface area contributed by atoms with Crippen molar-refractivity contribution in [2.24, 2.45) is 52.4 Å². The molecule has 0 spiro atoms. The lowest BCUT2D eigenvalue weighted by Crippen LogP contribution is -2.51. The minimum Gasteiger partial charge on any atom is -0.446 e. The third kappa shape index (κ3) is 14.1. The van der Waals surface area contributed by atoms with Crippen LogP contribution < -0.4 is 22.1 Å². The fraction of sp³-hybridized carbons (Fsp3) is 0.792. The molecule has 8 unspecified atom stereocenters. The van der Waals surface area contributed by atoms with Crippen LogP contribution in [-0.2, 0) is 16.0 Å². The van der Waals surface area contributed by atoms with Crippen molar-refractivity contribution in [1.82, 2.24) is 15.5 Å². The lowest BCUT2D eigenvalue weighted by atomic mass is 9.54. The van der Waals surface area contributed by atoms with Crippen LogP contribution >= 0.6 is 0 Å². The molecule has 318 valence electrons. The molecule has 0 saturated heterocycles. The number of carbonyl (C=O) groups is 2. The van der Waals surface area contributed by atoms with E-state index in [2.05, 4.69) is 51.3 Å². The first-order valence-corrected chi connectivity index (χ1v) is 23.2. The highest BCUT2D eigenvalue weighted by Gasteiger charge is 2.54. The van der Waals surface area contributed by atoms with Crippen LogP contribution in [0.4, 0.5) is 4.79 Å². The Morgan fingerprint density at radius 1 is 0.893 bits per heavy atom. The van der Waals surface area contributed by atoms with Crippen LogP contribution in [0.15, 0.2) is 42.0 Å². The summed E-state index contributed by atoms with van der Waals surface area (Å²) in [6.45, 7) is 16.3. The van der Waals surface area contributed by atoms with Crippen LogP contribution in [0.25, 0.3) is 0 Å². The first kappa shape index (κ1) is 46.3.